The summed E-state index contributed by atoms with van der Waals surface area (Å²) < 4.78 is 1.78. The van der Waals surface area contributed by atoms with Crippen LogP contribution in [0.3, 0.4) is 0 Å². The lowest BCUT2D eigenvalue weighted by atomic mass is 10.1. The Bertz CT molecular complexity index is 801. The third-order valence-corrected chi connectivity index (χ3v) is 3.87. The zero-order valence-electron chi connectivity index (χ0n) is 12.8. The molecule has 0 aliphatic rings. The minimum atomic E-state index is 0.604. The van der Waals surface area contributed by atoms with Crippen LogP contribution < -0.4 is 0 Å². The first-order valence-electron chi connectivity index (χ1n) is 7.43. The van der Waals surface area contributed by atoms with Crippen LogP contribution in [0.1, 0.15) is 28.4 Å². The van der Waals surface area contributed by atoms with E-state index >= 15 is 0 Å². The average molecular weight is 290 g/mol. The van der Waals surface area contributed by atoms with Gasteiger partial charge in [0, 0.05) is 11.8 Å². The Morgan fingerprint density at radius 3 is 2.45 bits per heavy atom. The highest BCUT2D eigenvalue weighted by molar-refractivity contribution is 5.85. The van der Waals surface area contributed by atoms with Gasteiger partial charge in [0.1, 0.15) is 5.69 Å². The number of para-hydroxylation sites is 1. The van der Waals surface area contributed by atoms with Gasteiger partial charge in [0.25, 0.3) is 0 Å². The number of aldehydes is 1. The standard InChI is InChI=1S/C19H18N2O/c1-3-15-8-10-16(11-9-15)19-17(13-22)12-21(20-19)18-7-5-4-6-14(18)2/h4-13H,3H2,1-2H3. The number of benzene rings is 2. The maximum atomic E-state index is 11.4. The van der Waals surface area contributed by atoms with E-state index in [-0.39, 0.29) is 0 Å². The van der Waals surface area contributed by atoms with Crippen molar-refractivity contribution in [1.82, 2.24) is 9.78 Å². The molecule has 0 saturated heterocycles. The summed E-state index contributed by atoms with van der Waals surface area (Å²) in [6, 6.07) is 16.2. The highest BCUT2D eigenvalue weighted by Crippen LogP contribution is 2.24. The summed E-state index contributed by atoms with van der Waals surface area (Å²) in [5, 5.41) is 4.62. The number of nitrogens with zero attached hydrogens (tertiary/aromatic N) is 2. The molecule has 22 heavy (non-hydrogen) atoms. The smallest absolute Gasteiger partial charge is 0.153 e. The van der Waals surface area contributed by atoms with Crippen LogP contribution in [-0.4, -0.2) is 16.1 Å². The molecule has 3 rings (SSSR count). The molecule has 0 spiro atoms. The molecule has 3 aromatic rings. The number of carbonyl (C=O) groups is 1. The minimum absolute atomic E-state index is 0.604. The predicted octanol–water partition coefficient (Wildman–Crippen LogP) is 4.22. The van der Waals surface area contributed by atoms with Gasteiger partial charge in [-0.2, -0.15) is 5.10 Å². The Labute approximate surface area is 130 Å². The largest absolute Gasteiger partial charge is 0.298 e. The van der Waals surface area contributed by atoms with E-state index in [0.29, 0.717) is 5.56 Å². The van der Waals surface area contributed by atoms with Crippen LogP contribution in [0.2, 0.25) is 0 Å². The lowest BCUT2D eigenvalue weighted by Crippen LogP contribution is -1.97. The van der Waals surface area contributed by atoms with Gasteiger partial charge in [0.2, 0.25) is 0 Å². The van der Waals surface area contributed by atoms with Crippen LogP contribution in [0.25, 0.3) is 16.9 Å². The lowest BCUT2D eigenvalue weighted by Gasteiger charge is -2.05. The summed E-state index contributed by atoms with van der Waals surface area (Å²) in [5.74, 6) is 0. The second kappa shape index (κ2) is 5.98. The first kappa shape index (κ1) is 14.3. The molecule has 0 aliphatic heterocycles. The maximum Gasteiger partial charge on any atom is 0.153 e. The molecule has 1 aromatic heterocycles. The summed E-state index contributed by atoms with van der Waals surface area (Å²) in [4.78, 5) is 11.4. The van der Waals surface area contributed by atoms with Gasteiger partial charge >= 0.3 is 0 Å². The van der Waals surface area contributed by atoms with Gasteiger partial charge in [-0.3, -0.25) is 4.79 Å². The summed E-state index contributed by atoms with van der Waals surface area (Å²) in [6.07, 6.45) is 3.65. The topological polar surface area (TPSA) is 34.9 Å². The van der Waals surface area contributed by atoms with E-state index in [1.54, 1.807) is 10.9 Å². The molecule has 0 fully saturated rings. The van der Waals surface area contributed by atoms with Crippen molar-refractivity contribution in [3.63, 3.8) is 0 Å². The Hall–Kier alpha value is -2.68. The van der Waals surface area contributed by atoms with E-state index in [0.717, 1.165) is 35.2 Å². The monoisotopic (exact) mass is 290 g/mol. The molecule has 3 nitrogen and oxygen atoms in total. The van der Waals surface area contributed by atoms with E-state index in [1.165, 1.54) is 5.56 Å². The minimum Gasteiger partial charge on any atom is -0.298 e. The molecule has 0 radical (unpaired) electrons. The second-order valence-electron chi connectivity index (χ2n) is 5.33. The van der Waals surface area contributed by atoms with Crippen molar-refractivity contribution in [3.8, 4) is 16.9 Å². The van der Waals surface area contributed by atoms with Crippen LogP contribution in [0.5, 0.6) is 0 Å². The van der Waals surface area contributed by atoms with Gasteiger partial charge in [0.15, 0.2) is 6.29 Å². The Balaban J connectivity index is 2.08. The SMILES string of the molecule is CCc1ccc(-c2nn(-c3ccccc3C)cc2C=O)cc1. The summed E-state index contributed by atoms with van der Waals surface area (Å²) in [6.45, 7) is 4.16. The first-order valence-corrected chi connectivity index (χ1v) is 7.43. The van der Waals surface area contributed by atoms with Crippen molar-refractivity contribution < 1.29 is 4.79 Å². The molecule has 0 bridgehead atoms. The number of aryl methyl sites for hydroxylation is 2. The van der Waals surface area contributed by atoms with E-state index in [2.05, 4.69) is 24.2 Å². The zero-order chi connectivity index (χ0) is 15.5. The highest BCUT2D eigenvalue weighted by atomic mass is 16.1. The summed E-state index contributed by atoms with van der Waals surface area (Å²) in [5.41, 5.74) is 5.67. The van der Waals surface area contributed by atoms with Crippen LogP contribution in [0.4, 0.5) is 0 Å². The van der Waals surface area contributed by atoms with Crippen molar-refractivity contribution in [1.29, 1.82) is 0 Å². The Kier molecular flexibility index (Phi) is 3.88. The molecule has 0 unspecified atom stereocenters. The quantitative estimate of drug-likeness (QED) is 0.674. The maximum absolute atomic E-state index is 11.4. The third-order valence-electron chi connectivity index (χ3n) is 3.87. The van der Waals surface area contributed by atoms with Gasteiger partial charge in [-0.1, -0.05) is 49.4 Å². The Morgan fingerprint density at radius 1 is 1.09 bits per heavy atom. The molecule has 1 heterocycles. The van der Waals surface area contributed by atoms with Gasteiger partial charge in [-0.25, -0.2) is 4.68 Å². The molecule has 110 valence electrons. The van der Waals surface area contributed by atoms with Crippen LogP contribution in [0.15, 0.2) is 54.7 Å². The van der Waals surface area contributed by atoms with E-state index in [4.69, 9.17) is 0 Å². The van der Waals surface area contributed by atoms with Gasteiger partial charge < -0.3 is 0 Å². The van der Waals surface area contributed by atoms with Crippen LogP contribution in [0, 0.1) is 6.92 Å². The van der Waals surface area contributed by atoms with E-state index in [9.17, 15) is 4.79 Å². The molecular formula is C19H18N2O. The highest BCUT2D eigenvalue weighted by Gasteiger charge is 2.12. The van der Waals surface area contributed by atoms with Crippen molar-refractivity contribution in [2.45, 2.75) is 20.3 Å². The number of aromatic nitrogens is 2. The molecule has 0 atom stereocenters. The van der Waals surface area contributed by atoms with Gasteiger partial charge in [-0.15, -0.1) is 0 Å². The molecule has 0 amide bonds. The van der Waals surface area contributed by atoms with E-state index in [1.807, 2.05) is 43.3 Å². The van der Waals surface area contributed by atoms with Crippen LogP contribution >= 0.6 is 0 Å². The molecule has 2 aromatic carbocycles. The normalized spacial score (nSPS) is 10.6. The fraction of sp³-hybridized carbons (Fsp3) is 0.158. The van der Waals surface area contributed by atoms with Crippen molar-refractivity contribution in [2.75, 3.05) is 0 Å². The van der Waals surface area contributed by atoms with Crippen LogP contribution in [-0.2, 0) is 6.42 Å². The molecule has 0 aliphatic carbocycles. The summed E-state index contributed by atoms with van der Waals surface area (Å²) in [7, 11) is 0. The summed E-state index contributed by atoms with van der Waals surface area (Å²) >= 11 is 0. The number of rotatable bonds is 4. The van der Waals surface area contributed by atoms with Crippen molar-refractivity contribution >= 4 is 6.29 Å². The van der Waals surface area contributed by atoms with Crippen molar-refractivity contribution in [3.05, 3.63) is 71.4 Å². The van der Waals surface area contributed by atoms with Gasteiger partial charge in [0.05, 0.1) is 11.3 Å². The third kappa shape index (κ3) is 2.58. The molecular weight excluding hydrogens is 272 g/mol. The average Bonchev–Trinajstić information content (AvgIpc) is 2.99. The number of hydrogen-bond donors (Lipinski definition) is 0. The fourth-order valence-electron chi connectivity index (χ4n) is 2.54. The number of carbonyl (C=O) groups excluding carboxylic acids is 1. The molecule has 0 N–H and O–H groups in total. The fourth-order valence-corrected chi connectivity index (χ4v) is 2.54. The predicted molar refractivity (Wildman–Crippen MR) is 88.5 cm³/mol. The second-order valence-corrected chi connectivity index (χ2v) is 5.33. The molecule has 0 saturated carbocycles. The zero-order valence-corrected chi connectivity index (χ0v) is 12.8. The Morgan fingerprint density at radius 2 is 1.82 bits per heavy atom. The van der Waals surface area contributed by atoms with Crippen molar-refractivity contribution in [2.24, 2.45) is 0 Å². The number of hydrogen-bond acceptors (Lipinski definition) is 2. The molecule has 3 heteroatoms. The van der Waals surface area contributed by atoms with E-state index < -0.39 is 0 Å². The lowest BCUT2D eigenvalue weighted by molar-refractivity contribution is 0.112. The van der Waals surface area contributed by atoms with Gasteiger partial charge in [-0.05, 0) is 30.5 Å². The first-order chi connectivity index (χ1) is 10.7.